The minimum absolute atomic E-state index is 0.115. The molecule has 4 rings (SSSR count). The van der Waals surface area contributed by atoms with Crippen LogP contribution in [0.25, 0.3) is 0 Å². The second kappa shape index (κ2) is 5.87. The van der Waals surface area contributed by atoms with Gasteiger partial charge in [-0.3, -0.25) is 9.69 Å². The molecule has 2 aromatic carbocycles. The molecule has 0 radical (unpaired) electrons. The van der Waals surface area contributed by atoms with Crippen LogP contribution in [0.3, 0.4) is 0 Å². The summed E-state index contributed by atoms with van der Waals surface area (Å²) in [6.07, 6.45) is 0. The number of anilines is 1. The number of carbonyl (C=O) groups excluding carboxylic acids is 2. The Bertz CT molecular complexity index is 779. The van der Waals surface area contributed by atoms with Crippen molar-refractivity contribution < 1.29 is 14.3 Å². The molecule has 122 valence electrons. The molecule has 0 unspecified atom stereocenters. The van der Waals surface area contributed by atoms with Gasteiger partial charge in [-0.25, -0.2) is 9.69 Å². The summed E-state index contributed by atoms with van der Waals surface area (Å²) in [5, 5.41) is -0.115. The Kier molecular flexibility index (Phi) is 3.69. The van der Waals surface area contributed by atoms with Crippen LogP contribution < -0.4 is 9.64 Å². The third-order valence-electron chi connectivity index (χ3n) is 4.33. The summed E-state index contributed by atoms with van der Waals surface area (Å²) in [7, 11) is 1.58. The molecule has 2 aliphatic rings. The van der Waals surface area contributed by atoms with Crippen LogP contribution >= 0.6 is 11.8 Å². The Balaban J connectivity index is 1.66. The van der Waals surface area contributed by atoms with Gasteiger partial charge in [-0.05, 0) is 29.8 Å². The van der Waals surface area contributed by atoms with Gasteiger partial charge in [0, 0.05) is 5.75 Å². The molecule has 6 heteroatoms. The molecule has 0 saturated carbocycles. The van der Waals surface area contributed by atoms with Gasteiger partial charge in [0.25, 0.3) is 5.91 Å². The van der Waals surface area contributed by atoms with E-state index in [9.17, 15) is 9.59 Å². The standard InChI is InChI=1S/C18H16N2O3S/c1-23-14-9-7-13(8-10-14)19-16(21)15-11-24-17(20(15)18(19)22)12-5-3-2-4-6-12/h2-10,15,17H,11H2,1H3/t15-,17+/m1/s1. The first-order valence-electron chi connectivity index (χ1n) is 7.67. The highest BCUT2D eigenvalue weighted by molar-refractivity contribution is 7.99. The number of carbonyl (C=O) groups is 2. The average molecular weight is 340 g/mol. The lowest BCUT2D eigenvalue weighted by molar-refractivity contribution is -0.119. The number of amides is 3. The molecule has 2 fully saturated rings. The molecule has 2 saturated heterocycles. The van der Waals surface area contributed by atoms with E-state index in [0.29, 0.717) is 17.2 Å². The van der Waals surface area contributed by atoms with Crippen LogP contribution in [0.1, 0.15) is 10.9 Å². The molecule has 0 N–H and O–H groups in total. The van der Waals surface area contributed by atoms with E-state index in [1.807, 2.05) is 30.3 Å². The van der Waals surface area contributed by atoms with E-state index in [1.165, 1.54) is 4.90 Å². The van der Waals surface area contributed by atoms with Crippen LogP contribution in [0, 0.1) is 0 Å². The molecule has 24 heavy (non-hydrogen) atoms. The molecule has 2 atom stereocenters. The fourth-order valence-corrected chi connectivity index (χ4v) is 4.55. The van der Waals surface area contributed by atoms with Crippen molar-refractivity contribution in [2.75, 3.05) is 17.8 Å². The van der Waals surface area contributed by atoms with Crippen molar-refractivity contribution in [3.63, 3.8) is 0 Å². The quantitative estimate of drug-likeness (QED) is 0.805. The molecule has 3 amide bonds. The second-order valence-electron chi connectivity index (χ2n) is 5.67. The number of hydrogen-bond acceptors (Lipinski definition) is 4. The number of nitrogens with zero attached hydrogens (tertiary/aromatic N) is 2. The fourth-order valence-electron chi connectivity index (χ4n) is 3.13. The third kappa shape index (κ3) is 2.26. The maximum atomic E-state index is 12.9. The normalized spacial score (nSPS) is 22.9. The van der Waals surface area contributed by atoms with Crippen molar-refractivity contribution in [1.29, 1.82) is 0 Å². The maximum absolute atomic E-state index is 12.9. The zero-order valence-corrected chi connectivity index (χ0v) is 13.9. The van der Waals surface area contributed by atoms with Crippen molar-refractivity contribution in [2.45, 2.75) is 11.4 Å². The van der Waals surface area contributed by atoms with Crippen LogP contribution in [-0.2, 0) is 4.79 Å². The van der Waals surface area contributed by atoms with E-state index in [4.69, 9.17) is 4.74 Å². The van der Waals surface area contributed by atoms with Crippen LogP contribution in [-0.4, -0.2) is 35.7 Å². The lowest BCUT2D eigenvalue weighted by Crippen LogP contribution is -2.33. The monoisotopic (exact) mass is 340 g/mol. The molecule has 2 aromatic rings. The summed E-state index contributed by atoms with van der Waals surface area (Å²) < 4.78 is 5.13. The van der Waals surface area contributed by atoms with Gasteiger partial charge in [0.05, 0.1) is 12.8 Å². The summed E-state index contributed by atoms with van der Waals surface area (Å²) in [4.78, 5) is 28.6. The van der Waals surface area contributed by atoms with Crippen molar-refractivity contribution >= 4 is 29.4 Å². The first-order chi connectivity index (χ1) is 11.7. The highest BCUT2D eigenvalue weighted by Crippen LogP contribution is 2.45. The SMILES string of the molecule is COc1ccc(N2C(=O)[C@H]3CS[C@@H](c4ccccc4)N3C2=O)cc1. The average Bonchev–Trinajstić information content (AvgIpc) is 3.17. The Morgan fingerprint density at radius 1 is 1.04 bits per heavy atom. The number of fused-ring (bicyclic) bond motifs is 1. The molecule has 2 heterocycles. The first kappa shape index (κ1) is 15.1. The third-order valence-corrected chi connectivity index (χ3v) is 5.66. The van der Waals surface area contributed by atoms with Crippen LogP contribution in [0.5, 0.6) is 5.75 Å². The summed E-state index contributed by atoms with van der Waals surface area (Å²) in [6, 6.07) is 16.2. The number of thioether (sulfide) groups is 1. The van der Waals surface area contributed by atoms with E-state index in [1.54, 1.807) is 48.0 Å². The number of hydrogen-bond donors (Lipinski definition) is 0. The topological polar surface area (TPSA) is 49.9 Å². The number of imide groups is 1. The molecule has 0 spiro atoms. The minimum Gasteiger partial charge on any atom is -0.497 e. The highest BCUT2D eigenvalue weighted by Gasteiger charge is 2.53. The zero-order valence-electron chi connectivity index (χ0n) is 13.1. The van der Waals surface area contributed by atoms with Gasteiger partial charge in [-0.1, -0.05) is 30.3 Å². The smallest absolute Gasteiger partial charge is 0.333 e. The van der Waals surface area contributed by atoms with E-state index in [0.717, 1.165) is 5.56 Å². The number of urea groups is 1. The molecule has 5 nitrogen and oxygen atoms in total. The molecule has 0 aromatic heterocycles. The largest absolute Gasteiger partial charge is 0.497 e. The first-order valence-corrected chi connectivity index (χ1v) is 8.72. The lowest BCUT2D eigenvalue weighted by Gasteiger charge is -2.23. The van der Waals surface area contributed by atoms with Gasteiger partial charge < -0.3 is 4.74 Å². The van der Waals surface area contributed by atoms with Gasteiger partial charge in [0.15, 0.2) is 0 Å². The summed E-state index contributed by atoms with van der Waals surface area (Å²) in [6.45, 7) is 0. The van der Waals surface area contributed by atoms with Gasteiger partial charge in [-0.2, -0.15) is 0 Å². The van der Waals surface area contributed by atoms with E-state index < -0.39 is 6.04 Å². The number of methoxy groups -OCH3 is 1. The molecule has 2 aliphatic heterocycles. The Morgan fingerprint density at radius 2 is 1.75 bits per heavy atom. The molecular formula is C18H16N2O3S. The number of benzene rings is 2. The van der Waals surface area contributed by atoms with Crippen molar-refractivity contribution in [3.05, 3.63) is 60.2 Å². The Labute approximate surface area is 144 Å². The van der Waals surface area contributed by atoms with Gasteiger partial charge in [-0.15, -0.1) is 11.8 Å². The molecule has 0 aliphatic carbocycles. The molecule has 0 bridgehead atoms. The second-order valence-corrected chi connectivity index (χ2v) is 6.79. The van der Waals surface area contributed by atoms with Crippen molar-refractivity contribution in [3.8, 4) is 5.75 Å². The predicted octanol–water partition coefficient (Wildman–Crippen LogP) is 3.28. The zero-order chi connectivity index (χ0) is 16.7. The molecular weight excluding hydrogens is 324 g/mol. The lowest BCUT2D eigenvalue weighted by atomic mass is 10.2. The Hall–Kier alpha value is -2.47. The maximum Gasteiger partial charge on any atom is 0.333 e. The van der Waals surface area contributed by atoms with Crippen LogP contribution in [0.15, 0.2) is 54.6 Å². The van der Waals surface area contributed by atoms with E-state index in [-0.39, 0.29) is 17.3 Å². The van der Waals surface area contributed by atoms with Gasteiger partial charge in [0.1, 0.15) is 17.2 Å². The fraction of sp³-hybridized carbons (Fsp3) is 0.222. The summed E-state index contributed by atoms with van der Waals surface area (Å²) in [5.74, 6) is 1.16. The van der Waals surface area contributed by atoms with Gasteiger partial charge in [0.2, 0.25) is 0 Å². The van der Waals surface area contributed by atoms with Gasteiger partial charge >= 0.3 is 6.03 Å². The number of ether oxygens (including phenoxy) is 1. The predicted molar refractivity (Wildman–Crippen MR) is 93.1 cm³/mol. The van der Waals surface area contributed by atoms with Crippen LogP contribution in [0.2, 0.25) is 0 Å². The summed E-state index contributed by atoms with van der Waals surface area (Å²) in [5.41, 5.74) is 1.62. The minimum atomic E-state index is -0.394. The Morgan fingerprint density at radius 3 is 2.42 bits per heavy atom. The number of rotatable bonds is 3. The van der Waals surface area contributed by atoms with E-state index >= 15 is 0 Å². The highest BCUT2D eigenvalue weighted by atomic mass is 32.2. The van der Waals surface area contributed by atoms with E-state index in [2.05, 4.69) is 0 Å². The van der Waals surface area contributed by atoms with Crippen molar-refractivity contribution in [2.24, 2.45) is 0 Å². The van der Waals surface area contributed by atoms with Crippen molar-refractivity contribution in [1.82, 2.24) is 4.90 Å². The summed E-state index contributed by atoms with van der Waals surface area (Å²) >= 11 is 1.64. The van der Waals surface area contributed by atoms with Crippen LogP contribution in [0.4, 0.5) is 10.5 Å².